The molecule has 0 spiro atoms. The first-order valence-corrected chi connectivity index (χ1v) is 8.50. The third-order valence-corrected chi connectivity index (χ3v) is 4.34. The minimum atomic E-state index is -0.586. The number of benzene rings is 1. The van der Waals surface area contributed by atoms with Crippen molar-refractivity contribution in [1.82, 2.24) is 4.98 Å². The highest BCUT2D eigenvalue weighted by molar-refractivity contribution is 7.07. The lowest BCUT2D eigenvalue weighted by molar-refractivity contribution is -0.129. The van der Waals surface area contributed by atoms with E-state index in [1.165, 1.54) is 11.3 Å². The minimum Gasteiger partial charge on any atom is -0.487 e. The molecule has 120 valence electrons. The fourth-order valence-electron chi connectivity index (χ4n) is 2.43. The highest BCUT2D eigenvalue weighted by Gasteiger charge is 2.26. The van der Waals surface area contributed by atoms with Gasteiger partial charge in [0.15, 0.2) is 11.9 Å². The number of carbonyl (C=O) groups is 2. The molecule has 0 bridgehead atoms. The van der Waals surface area contributed by atoms with Crippen molar-refractivity contribution in [3.05, 3.63) is 46.4 Å². The number of rotatable bonds is 5. The molecule has 3 rings (SSSR count). The van der Waals surface area contributed by atoms with Crippen molar-refractivity contribution in [2.45, 2.75) is 38.4 Å². The molecule has 2 aromatic rings. The summed E-state index contributed by atoms with van der Waals surface area (Å²) in [5, 5.41) is 1.92. The molecule has 0 radical (unpaired) electrons. The van der Waals surface area contributed by atoms with E-state index >= 15 is 0 Å². The van der Waals surface area contributed by atoms with Gasteiger partial charge in [-0.25, -0.2) is 9.78 Å². The number of carbonyl (C=O) groups excluding carboxylic acids is 2. The molecular formula is C17H17NO4S. The van der Waals surface area contributed by atoms with E-state index in [0.717, 1.165) is 18.5 Å². The minimum absolute atomic E-state index is 0.0211. The maximum atomic E-state index is 12.1. The Bertz CT molecular complexity index is 666. The van der Waals surface area contributed by atoms with Crippen LogP contribution in [-0.2, 0) is 16.1 Å². The topological polar surface area (TPSA) is 65.5 Å². The number of ether oxygens (including phenoxy) is 2. The Hall–Kier alpha value is -2.21. The number of hydrogen-bond donors (Lipinski definition) is 0. The molecule has 0 aliphatic heterocycles. The molecule has 6 heteroatoms. The fraction of sp³-hybridized carbons (Fsp3) is 0.353. The van der Waals surface area contributed by atoms with Crippen LogP contribution in [0.3, 0.4) is 0 Å². The third-order valence-electron chi connectivity index (χ3n) is 3.71. The van der Waals surface area contributed by atoms with E-state index < -0.39 is 12.1 Å². The molecular weight excluding hydrogens is 314 g/mol. The predicted octanol–water partition coefficient (Wildman–Crippen LogP) is 3.39. The van der Waals surface area contributed by atoms with Crippen molar-refractivity contribution >= 4 is 23.1 Å². The molecule has 1 atom stereocenters. The number of esters is 1. The molecule has 1 fully saturated rings. The van der Waals surface area contributed by atoms with Crippen LogP contribution in [0.15, 0.2) is 35.2 Å². The number of hydrogen-bond acceptors (Lipinski definition) is 6. The molecule has 1 aliphatic carbocycles. The molecule has 0 N–H and O–H groups in total. The first kappa shape index (κ1) is 15.7. The van der Waals surface area contributed by atoms with Crippen LogP contribution in [0, 0.1) is 0 Å². The standard InChI is InChI=1S/C17H17NO4S/c19-15-3-1-2-4-16(15)22-17(20)12-5-7-14(8-6-12)21-9-13-10-23-11-18-13/h5-8,10-11,16H,1-4,9H2/t16-/m0/s1. The lowest BCUT2D eigenvalue weighted by Crippen LogP contribution is -2.30. The van der Waals surface area contributed by atoms with Gasteiger partial charge >= 0.3 is 5.97 Å². The molecule has 5 nitrogen and oxygen atoms in total. The van der Waals surface area contributed by atoms with Crippen molar-refractivity contribution in [2.75, 3.05) is 0 Å². The van der Waals surface area contributed by atoms with E-state index in [-0.39, 0.29) is 5.78 Å². The Kier molecular flexibility index (Phi) is 5.02. The van der Waals surface area contributed by atoms with Gasteiger partial charge in [-0.1, -0.05) is 0 Å². The van der Waals surface area contributed by atoms with Crippen molar-refractivity contribution in [2.24, 2.45) is 0 Å². The van der Waals surface area contributed by atoms with Gasteiger partial charge in [0, 0.05) is 11.8 Å². The zero-order valence-corrected chi connectivity index (χ0v) is 13.4. The highest BCUT2D eigenvalue weighted by Crippen LogP contribution is 2.20. The molecule has 1 saturated carbocycles. The van der Waals surface area contributed by atoms with Crippen molar-refractivity contribution in [3.8, 4) is 5.75 Å². The Balaban J connectivity index is 1.55. The third kappa shape index (κ3) is 4.16. The largest absolute Gasteiger partial charge is 0.487 e. The zero-order chi connectivity index (χ0) is 16.1. The summed E-state index contributed by atoms with van der Waals surface area (Å²) in [7, 11) is 0. The first-order valence-electron chi connectivity index (χ1n) is 7.56. The monoisotopic (exact) mass is 331 g/mol. The molecule has 0 saturated heterocycles. The van der Waals surface area contributed by atoms with Crippen molar-refractivity contribution in [1.29, 1.82) is 0 Å². The van der Waals surface area contributed by atoms with Crippen LogP contribution in [0.5, 0.6) is 5.75 Å². The Morgan fingerprint density at radius 1 is 1.26 bits per heavy atom. The van der Waals surface area contributed by atoms with Crippen LogP contribution < -0.4 is 4.74 Å². The van der Waals surface area contributed by atoms with Crippen molar-refractivity contribution < 1.29 is 19.1 Å². The van der Waals surface area contributed by atoms with Gasteiger partial charge in [-0.2, -0.15) is 0 Å². The van der Waals surface area contributed by atoms with Gasteiger partial charge in [-0.15, -0.1) is 11.3 Å². The molecule has 0 unspecified atom stereocenters. The van der Waals surface area contributed by atoms with E-state index in [1.807, 2.05) is 5.38 Å². The van der Waals surface area contributed by atoms with Gasteiger partial charge in [0.05, 0.1) is 16.8 Å². The Morgan fingerprint density at radius 2 is 2.09 bits per heavy atom. The molecule has 1 aromatic carbocycles. The van der Waals surface area contributed by atoms with Gasteiger partial charge in [-0.05, 0) is 43.5 Å². The molecule has 1 heterocycles. The number of aromatic nitrogens is 1. The van der Waals surface area contributed by atoms with E-state index in [1.54, 1.807) is 29.8 Å². The molecule has 1 aromatic heterocycles. The first-order chi connectivity index (χ1) is 11.2. The van der Waals surface area contributed by atoms with Crippen LogP contribution >= 0.6 is 11.3 Å². The number of Topliss-reactive ketones (excluding diaryl/α,β-unsaturated/α-hetero) is 1. The smallest absolute Gasteiger partial charge is 0.338 e. The molecule has 1 aliphatic rings. The molecule has 23 heavy (non-hydrogen) atoms. The summed E-state index contributed by atoms with van der Waals surface area (Å²) in [4.78, 5) is 27.9. The number of ketones is 1. The Morgan fingerprint density at radius 3 is 2.78 bits per heavy atom. The van der Waals surface area contributed by atoms with E-state index in [0.29, 0.717) is 30.8 Å². The van der Waals surface area contributed by atoms with Gasteiger partial charge in [0.25, 0.3) is 0 Å². The van der Waals surface area contributed by atoms with Gasteiger partial charge in [-0.3, -0.25) is 4.79 Å². The van der Waals surface area contributed by atoms with Gasteiger partial charge < -0.3 is 9.47 Å². The van der Waals surface area contributed by atoms with E-state index in [2.05, 4.69) is 4.98 Å². The van der Waals surface area contributed by atoms with Crippen LogP contribution in [-0.4, -0.2) is 22.8 Å². The Labute approximate surface area is 138 Å². The number of thiazole rings is 1. The van der Waals surface area contributed by atoms with Gasteiger partial charge in [0.2, 0.25) is 0 Å². The summed E-state index contributed by atoms with van der Waals surface area (Å²) in [6.07, 6.45) is 2.35. The fourth-order valence-corrected chi connectivity index (χ4v) is 2.97. The zero-order valence-electron chi connectivity index (χ0n) is 12.6. The maximum Gasteiger partial charge on any atom is 0.338 e. The average molecular weight is 331 g/mol. The van der Waals surface area contributed by atoms with Gasteiger partial charge in [0.1, 0.15) is 12.4 Å². The second kappa shape index (κ2) is 7.37. The van der Waals surface area contributed by atoms with E-state index in [4.69, 9.17) is 9.47 Å². The lowest BCUT2D eigenvalue weighted by Gasteiger charge is -2.20. The summed E-state index contributed by atoms with van der Waals surface area (Å²) in [5.41, 5.74) is 3.04. The van der Waals surface area contributed by atoms with E-state index in [9.17, 15) is 9.59 Å². The van der Waals surface area contributed by atoms with Crippen molar-refractivity contribution in [3.63, 3.8) is 0 Å². The summed E-state index contributed by atoms with van der Waals surface area (Å²) < 4.78 is 10.9. The average Bonchev–Trinajstić information content (AvgIpc) is 3.09. The van der Waals surface area contributed by atoms with Crippen LogP contribution in [0.1, 0.15) is 41.7 Å². The van der Waals surface area contributed by atoms with Crippen LogP contribution in [0.4, 0.5) is 0 Å². The lowest BCUT2D eigenvalue weighted by atomic mass is 9.96. The normalized spacial score (nSPS) is 17.7. The summed E-state index contributed by atoms with van der Waals surface area (Å²) >= 11 is 1.52. The maximum absolute atomic E-state index is 12.1. The van der Waals surface area contributed by atoms with Crippen LogP contribution in [0.25, 0.3) is 0 Å². The predicted molar refractivity (Wildman–Crippen MR) is 85.6 cm³/mol. The quantitative estimate of drug-likeness (QED) is 0.786. The molecule has 0 amide bonds. The second-order valence-electron chi connectivity index (χ2n) is 5.40. The second-order valence-corrected chi connectivity index (χ2v) is 6.12. The summed E-state index contributed by atoms with van der Waals surface area (Å²) in [6.45, 7) is 0.393. The number of nitrogens with zero attached hydrogens (tertiary/aromatic N) is 1. The van der Waals surface area contributed by atoms with Crippen LogP contribution in [0.2, 0.25) is 0 Å². The highest BCUT2D eigenvalue weighted by atomic mass is 32.1. The summed E-state index contributed by atoms with van der Waals surface area (Å²) in [5.74, 6) is 0.215. The SMILES string of the molecule is O=C(O[C@H]1CCCCC1=O)c1ccc(OCc2cscn2)cc1. The summed E-state index contributed by atoms with van der Waals surface area (Å²) in [6, 6.07) is 6.72.